The van der Waals surface area contributed by atoms with Crippen LogP contribution in [0.3, 0.4) is 0 Å². The van der Waals surface area contributed by atoms with Gasteiger partial charge in [0.05, 0.1) is 12.5 Å². The maximum Gasteiger partial charge on any atom is 0.304 e. The predicted octanol–water partition coefficient (Wildman–Crippen LogP) is 2.13. The number of halogens is 1. The van der Waals surface area contributed by atoms with Crippen LogP contribution in [-0.2, 0) is 4.79 Å². The molecule has 4 nitrogen and oxygen atoms in total. The van der Waals surface area contributed by atoms with Gasteiger partial charge in [0.15, 0.2) is 0 Å². The third-order valence-electron chi connectivity index (χ3n) is 2.80. The largest absolute Gasteiger partial charge is 0.481 e. The third-order valence-corrected chi connectivity index (χ3v) is 3.23. The Bertz CT molecular complexity index is 423. The van der Waals surface area contributed by atoms with Crippen molar-refractivity contribution in [3.8, 4) is 0 Å². The first-order valence-electron chi connectivity index (χ1n) is 5.81. The first-order chi connectivity index (χ1) is 8.41. The molecular formula is C13H18ClNO3. The molecule has 100 valence electrons. The fourth-order valence-electron chi connectivity index (χ4n) is 1.66. The van der Waals surface area contributed by atoms with Crippen LogP contribution in [0.1, 0.15) is 30.6 Å². The van der Waals surface area contributed by atoms with Crippen LogP contribution in [0, 0.1) is 6.92 Å². The van der Waals surface area contributed by atoms with Gasteiger partial charge in [-0.2, -0.15) is 0 Å². The van der Waals surface area contributed by atoms with E-state index in [1.165, 1.54) is 0 Å². The molecule has 1 aromatic rings. The van der Waals surface area contributed by atoms with Crippen LogP contribution in [0.4, 0.5) is 0 Å². The molecule has 0 aliphatic carbocycles. The Kier molecular flexibility index (Phi) is 5.59. The van der Waals surface area contributed by atoms with E-state index in [4.69, 9.17) is 16.7 Å². The van der Waals surface area contributed by atoms with Crippen molar-refractivity contribution in [2.75, 3.05) is 6.54 Å². The molecule has 3 N–H and O–H groups in total. The van der Waals surface area contributed by atoms with Crippen LogP contribution in [0.25, 0.3) is 0 Å². The molecule has 0 aromatic heterocycles. The highest BCUT2D eigenvalue weighted by atomic mass is 35.5. The zero-order valence-corrected chi connectivity index (χ0v) is 11.2. The number of benzene rings is 1. The van der Waals surface area contributed by atoms with E-state index in [2.05, 4.69) is 5.32 Å². The molecular weight excluding hydrogens is 254 g/mol. The van der Waals surface area contributed by atoms with E-state index in [1.54, 1.807) is 12.1 Å². The van der Waals surface area contributed by atoms with Crippen LogP contribution in [0.5, 0.6) is 0 Å². The molecule has 0 bridgehead atoms. The van der Waals surface area contributed by atoms with Gasteiger partial charge < -0.3 is 15.5 Å². The fourth-order valence-corrected chi connectivity index (χ4v) is 1.78. The van der Waals surface area contributed by atoms with E-state index < -0.39 is 12.1 Å². The van der Waals surface area contributed by atoms with E-state index in [9.17, 15) is 9.90 Å². The summed E-state index contributed by atoms with van der Waals surface area (Å²) in [5.41, 5.74) is 1.68. The predicted molar refractivity (Wildman–Crippen MR) is 70.9 cm³/mol. The number of hydrogen-bond donors (Lipinski definition) is 3. The Morgan fingerprint density at radius 2 is 2.17 bits per heavy atom. The van der Waals surface area contributed by atoms with Gasteiger partial charge in [-0.3, -0.25) is 4.79 Å². The summed E-state index contributed by atoms with van der Waals surface area (Å²) in [5.74, 6) is -0.855. The van der Waals surface area contributed by atoms with Gasteiger partial charge in [0, 0.05) is 17.6 Å². The summed E-state index contributed by atoms with van der Waals surface area (Å²) >= 11 is 5.92. The van der Waals surface area contributed by atoms with Crippen molar-refractivity contribution >= 4 is 17.6 Å². The number of aryl methyl sites for hydroxylation is 1. The van der Waals surface area contributed by atoms with Crippen LogP contribution in [-0.4, -0.2) is 28.8 Å². The maximum absolute atomic E-state index is 10.4. The molecule has 2 unspecified atom stereocenters. The monoisotopic (exact) mass is 271 g/mol. The van der Waals surface area contributed by atoms with Crippen molar-refractivity contribution in [3.05, 3.63) is 34.3 Å². The number of aliphatic carboxylic acids is 1. The van der Waals surface area contributed by atoms with Crippen LogP contribution in [0.15, 0.2) is 18.2 Å². The van der Waals surface area contributed by atoms with Gasteiger partial charge in [-0.05, 0) is 31.0 Å². The molecule has 2 atom stereocenters. The minimum absolute atomic E-state index is 0.0384. The molecule has 0 radical (unpaired) electrons. The minimum Gasteiger partial charge on any atom is -0.481 e. The lowest BCUT2D eigenvalue weighted by atomic mass is 10.0. The number of nitrogens with one attached hydrogen (secondary N) is 1. The molecule has 1 aromatic carbocycles. The smallest absolute Gasteiger partial charge is 0.304 e. The number of carboxylic acids is 1. The number of aliphatic hydroxyl groups is 1. The lowest BCUT2D eigenvalue weighted by molar-refractivity contribution is -0.136. The number of carbonyl (C=O) groups is 1. The molecule has 0 saturated carbocycles. The summed E-state index contributed by atoms with van der Waals surface area (Å²) in [6.45, 7) is 4.03. The average Bonchev–Trinajstić information content (AvgIpc) is 2.31. The molecule has 0 aliphatic heterocycles. The van der Waals surface area contributed by atoms with Crippen molar-refractivity contribution in [2.45, 2.75) is 32.4 Å². The van der Waals surface area contributed by atoms with Crippen molar-refractivity contribution in [2.24, 2.45) is 0 Å². The fraction of sp³-hybridized carbons (Fsp3) is 0.462. The van der Waals surface area contributed by atoms with Gasteiger partial charge in [0.25, 0.3) is 0 Å². The molecule has 5 heteroatoms. The normalized spacial score (nSPS) is 14.2. The number of carboxylic acid groups (broad SMARTS) is 1. The average molecular weight is 272 g/mol. The zero-order valence-electron chi connectivity index (χ0n) is 10.5. The minimum atomic E-state index is -0.855. The van der Waals surface area contributed by atoms with E-state index in [0.717, 1.165) is 11.1 Å². The Morgan fingerprint density at radius 3 is 2.72 bits per heavy atom. The molecule has 0 spiro atoms. The topological polar surface area (TPSA) is 69.6 Å². The maximum atomic E-state index is 10.4. The van der Waals surface area contributed by atoms with Gasteiger partial charge in [-0.15, -0.1) is 0 Å². The first kappa shape index (κ1) is 15.0. The number of rotatable bonds is 6. The van der Waals surface area contributed by atoms with Gasteiger partial charge in [0.1, 0.15) is 0 Å². The summed E-state index contributed by atoms with van der Waals surface area (Å²) in [6, 6.07) is 5.14. The second kappa shape index (κ2) is 6.73. The highest BCUT2D eigenvalue weighted by molar-refractivity contribution is 6.31. The van der Waals surface area contributed by atoms with Crippen LogP contribution >= 0.6 is 11.6 Å². The lowest BCUT2D eigenvalue weighted by Crippen LogP contribution is -2.33. The van der Waals surface area contributed by atoms with Crippen molar-refractivity contribution < 1.29 is 15.0 Å². The highest BCUT2D eigenvalue weighted by Gasteiger charge is 2.16. The Morgan fingerprint density at radius 1 is 1.50 bits per heavy atom. The van der Waals surface area contributed by atoms with Crippen molar-refractivity contribution in [1.82, 2.24) is 5.32 Å². The van der Waals surface area contributed by atoms with Gasteiger partial charge in [-0.1, -0.05) is 23.7 Å². The summed E-state index contributed by atoms with van der Waals surface area (Å²) in [4.78, 5) is 10.4. The molecule has 1 rings (SSSR count). The second-order valence-corrected chi connectivity index (χ2v) is 4.75. The lowest BCUT2D eigenvalue weighted by Gasteiger charge is -2.21. The van der Waals surface area contributed by atoms with Crippen LogP contribution < -0.4 is 5.32 Å². The zero-order chi connectivity index (χ0) is 13.7. The Hall–Kier alpha value is -1.10. The second-order valence-electron chi connectivity index (χ2n) is 4.34. The first-order valence-corrected chi connectivity index (χ1v) is 6.19. The summed E-state index contributed by atoms with van der Waals surface area (Å²) in [5, 5.41) is 22.3. The molecule has 0 aliphatic rings. The van der Waals surface area contributed by atoms with Crippen LogP contribution in [0.2, 0.25) is 5.02 Å². The van der Waals surface area contributed by atoms with E-state index in [-0.39, 0.29) is 12.5 Å². The van der Waals surface area contributed by atoms with Gasteiger partial charge in [0.2, 0.25) is 0 Å². The van der Waals surface area contributed by atoms with Crippen molar-refractivity contribution in [3.63, 3.8) is 0 Å². The molecule has 18 heavy (non-hydrogen) atoms. The van der Waals surface area contributed by atoms with Gasteiger partial charge in [-0.25, -0.2) is 0 Å². The Balaban J connectivity index is 2.59. The molecule has 0 fully saturated rings. The quantitative estimate of drug-likeness (QED) is 0.741. The van der Waals surface area contributed by atoms with Crippen molar-refractivity contribution in [1.29, 1.82) is 0 Å². The number of aliphatic hydroxyl groups excluding tert-OH is 1. The molecule has 0 heterocycles. The van der Waals surface area contributed by atoms with E-state index in [0.29, 0.717) is 11.6 Å². The molecule has 0 saturated heterocycles. The number of hydrogen-bond acceptors (Lipinski definition) is 3. The SMILES string of the molecule is Cc1cc(C(O)C(C)NCCC(=O)O)ccc1Cl. The Labute approximate surface area is 112 Å². The van der Waals surface area contributed by atoms with E-state index in [1.807, 2.05) is 19.9 Å². The summed E-state index contributed by atoms with van der Waals surface area (Å²) in [6.07, 6.45) is -0.647. The molecule has 0 amide bonds. The third kappa shape index (κ3) is 4.29. The standard InChI is InChI=1S/C13H18ClNO3/c1-8-7-10(3-4-11(8)14)13(18)9(2)15-6-5-12(16)17/h3-4,7,9,13,15,18H,5-6H2,1-2H3,(H,16,17). The summed E-state index contributed by atoms with van der Waals surface area (Å²) < 4.78 is 0. The van der Waals surface area contributed by atoms with Gasteiger partial charge >= 0.3 is 5.97 Å². The summed E-state index contributed by atoms with van der Waals surface area (Å²) in [7, 11) is 0. The van der Waals surface area contributed by atoms with E-state index >= 15 is 0 Å². The highest BCUT2D eigenvalue weighted by Crippen LogP contribution is 2.22.